The zero-order chi connectivity index (χ0) is 14.8. The van der Waals surface area contributed by atoms with E-state index in [-0.39, 0.29) is 12.5 Å². The van der Waals surface area contributed by atoms with Gasteiger partial charge in [-0.3, -0.25) is 4.79 Å². The first kappa shape index (κ1) is 17.3. The standard InChI is InChI=1S/C15H21BrClNO2/c1-2-4-12(7-8-16)10-18-15(19)11-20-14-6-3-5-13(17)9-14/h3,5-6,9,12H,2,4,7-8,10-11H2,1H3,(H,18,19). The van der Waals surface area contributed by atoms with Gasteiger partial charge in [0.15, 0.2) is 6.61 Å². The highest BCUT2D eigenvalue weighted by molar-refractivity contribution is 9.09. The number of carbonyl (C=O) groups is 1. The minimum Gasteiger partial charge on any atom is -0.484 e. The van der Waals surface area contributed by atoms with Crippen LogP contribution in [0.1, 0.15) is 26.2 Å². The molecule has 1 N–H and O–H groups in total. The van der Waals surface area contributed by atoms with Crippen molar-refractivity contribution in [2.75, 3.05) is 18.5 Å². The van der Waals surface area contributed by atoms with Crippen LogP contribution in [0.5, 0.6) is 5.75 Å². The Morgan fingerprint density at radius 1 is 1.45 bits per heavy atom. The fourth-order valence-electron chi connectivity index (χ4n) is 1.93. The fraction of sp³-hybridized carbons (Fsp3) is 0.533. The molecule has 0 bridgehead atoms. The lowest BCUT2D eigenvalue weighted by molar-refractivity contribution is -0.123. The minimum atomic E-state index is -0.0966. The first-order chi connectivity index (χ1) is 9.65. The van der Waals surface area contributed by atoms with Crippen molar-refractivity contribution in [2.45, 2.75) is 26.2 Å². The Hall–Kier alpha value is -0.740. The van der Waals surface area contributed by atoms with Gasteiger partial charge in [-0.15, -0.1) is 0 Å². The number of hydrogen-bond acceptors (Lipinski definition) is 2. The summed E-state index contributed by atoms with van der Waals surface area (Å²) in [7, 11) is 0. The van der Waals surface area contributed by atoms with Crippen LogP contribution in [0.25, 0.3) is 0 Å². The predicted molar refractivity (Wildman–Crippen MR) is 86.8 cm³/mol. The van der Waals surface area contributed by atoms with E-state index in [1.54, 1.807) is 24.3 Å². The second-order valence-corrected chi connectivity index (χ2v) is 5.91. The normalized spacial score (nSPS) is 11.9. The second-order valence-electron chi connectivity index (χ2n) is 4.68. The molecule has 3 nitrogen and oxygen atoms in total. The molecule has 0 saturated heterocycles. The Balaban J connectivity index is 2.29. The van der Waals surface area contributed by atoms with E-state index in [0.717, 1.165) is 24.6 Å². The molecule has 0 heterocycles. The molecule has 0 aromatic heterocycles. The van der Waals surface area contributed by atoms with Gasteiger partial charge in [0.2, 0.25) is 0 Å². The van der Waals surface area contributed by atoms with Crippen LogP contribution in [0.15, 0.2) is 24.3 Å². The highest BCUT2D eigenvalue weighted by atomic mass is 79.9. The van der Waals surface area contributed by atoms with E-state index in [1.165, 1.54) is 0 Å². The molecule has 1 atom stereocenters. The number of halogens is 2. The Labute approximate surface area is 134 Å². The van der Waals surface area contributed by atoms with Crippen LogP contribution in [-0.4, -0.2) is 24.4 Å². The van der Waals surface area contributed by atoms with Gasteiger partial charge < -0.3 is 10.1 Å². The summed E-state index contributed by atoms with van der Waals surface area (Å²) in [6, 6.07) is 7.04. The molecule has 1 aromatic rings. The molecule has 0 spiro atoms. The molecular weight excluding hydrogens is 342 g/mol. The minimum absolute atomic E-state index is 0.0213. The Bertz CT molecular complexity index is 409. The van der Waals surface area contributed by atoms with Crippen LogP contribution in [0.4, 0.5) is 0 Å². The first-order valence-electron chi connectivity index (χ1n) is 6.86. The van der Waals surface area contributed by atoms with Gasteiger partial charge in [0.05, 0.1) is 0 Å². The summed E-state index contributed by atoms with van der Waals surface area (Å²) in [5.74, 6) is 1.04. The van der Waals surface area contributed by atoms with Crippen LogP contribution in [0, 0.1) is 5.92 Å². The Morgan fingerprint density at radius 2 is 2.25 bits per heavy atom. The maximum Gasteiger partial charge on any atom is 0.257 e. The van der Waals surface area contributed by atoms with Crippen molar-refractivity contribution >= 4 is 33.4 Å². The quantitative estimate of drug-likeness (QED) is 0.673. The Kier molecular flexibility index (Phi) is 8.70. The Morgan fingerprint density at radius 3 is 2.90 bits per heavy atom. The van der Waals surface area contributed by atoms with Crippen LogP contribution in [-0.2, 0) is 4.79 Å². The summed E-state index contributed by atoms with van der Waals surface area (Å²) in [6.45, 7) is 2.88. The molecule has 20 heavy (non-hydrogen) atoms. The predicted octanol–water partition coefficient (Wildman–Crippen LogP) is 4.04. The molecular formula is C15H21BrClNO2. The van der Waals surface area contributed by atoms with Crippen molar-refractivity contribution < 1.29 is 9.53 Å². The molecule has 1 unspecified atom stereocenters. The number of ether oxygens (including phenoxy) is 1. The SMILES string of the molecule is CCCC(CCBr)CNC(=O)COc1cccc(Cl)c1. The van der Waals surface area contributed by atoms with Gasteiger partial charge >= 0.3 is 0 Å². The van der Waals surface area contributed by atoms with Crippen molar-refractivity contribution in [3.8, 4) is 5.75 Å². The molecule has 0 saturated carbocycles. The number of rotatable bonds is 9. The van der Waals surface area contributed by atoms with E-state index in [4.69, 9.17) is 16.3 Å². The molecule has 0 aliphatic rings. The molecule has 1 rings (SSSR count). The zero-order valence-corrected chi connectivity index (χ0v) is 14.0. The lowest BCUT2D eigenvalue weighted by atomic mass is 10.0. The summed E-state index contributed by atoms with van der Waals surface area (Å²) in [6.07, 6.45) is 3.33. The van der Waals surface area contributed by atoms with Crippen molar-refractivity contribution in [2.24, 2.45) is 5.92 Å². The number of alkyl halides is 1. The summed E-state index contributed by atoms with van der Waals surface area (Å²) >= 11 is 9.29. The lowest BCUT2D eigenvalue weighted by Gasteiger charge is -2.15. The summed E-state index contributed by atoms with van der Waals surface area (Å²) in [4.78, 5) is 11.7. The summed E-state index contributed by atoms with van der Waals surface area (Å²) < 4.78 is 5.40. The van der Waals surface area contributed by atoms with Gasteiger partial charge in [-0.1, -0.05) is 46.9 Å². The van der Waals surface area contributed by atoms with Crippen molar-refractivity contribution in [1.82, 2.24) is 5.32 Å². The molecule has 0 fully saturated rings. The topological polar surface area (TPSA) is 38.3 Å². The van der Waals surface area contributed by atoms with E-state index in [0.29, 0.717) is 23.2 Å². The third-order valence-electron chi connectivity index (χ3n) is 2.97. The lowest BCUT2D eigenvalue weighted by Crippen LogP contribution is -2.33. The monoisotopic (exact) mass is 361 g/mol. The van der Waals surface area contributed by atoms with Crippen LogP contribution < -0.4 is 10.1 Å². The molecule has 0 aliphatic heterocycles. The van der Waals surface area contributed by atoms with E-state index in [1.807, 2.05) is 0 Å². The number of amides is 1. The number of hydrogen-bond donors (Lipinski definition) is 1. The van der Waals surface area contributed by atoms with E-state index in [2.05, 4.69) is 28.2 Å². The average Bonchev–Trinajstić information content (AvgIpc) is 2.43. The molecule has 0 aliphatic carbocycles. The highest BCUT2D eigenvalue weighted by Gasteiger charge is 2.09. The molecule has 1 aromatic carbocycles. The zero-order valence-electron chi connectivity index (χ0n) is 11.7. The van der Waals surface area contributed by atoms with Crippen molar-refractivity contribution in [3.05, 3.63) is 29.3 Å². The van der Waals surface area contributed by atoms with E-state index in [9.17, 15) is 4.79 Å². The highest BCUT2D eigenvalue weighted by Crippen LogP contribution is 2.17. The molecule has 5 heteroatoms. The molecule has 1 amide bonds. The van der Waals surface area contributed by atoms with Gasteiger partial charge in [0.25, 0.3) is 5.91 Å². The van der Waals surface area contributed by atoms with Gasteiger partial charge in [-0.05, 0) is 37.0 Å². The van der Waals surface area contributed by atoms with Gasteiger partial charge in [0, 0.05) is 16.9 Å². The summed E-state index contributed by atoms with van der Waals surface area (Å²) in [5, 5.41) is 4.48. The average molecular weight is 363 g/mol. The van der Waals surface area contributed by atoms with Crippen molar-refractivity contribution in [3.63, 3.8) is 0 Å². The third kappa shape index (κ3) is 7.15. The largest absolute Gasteiger partial charge is 0.484 e. The maximum atomic E-state index is 11.7. The van der Waals surface area contributed by atoms with Gasteiger partial charge in [0.1, 0.15) is 5.75 Å². The van der Waals surface area contributed by atoms with Crippen LogP contribution in [0.2, 0.25) is 5.02 Å². The van der Waals surface area contributed by atoms with E-state index < -0.39 is 0 Å². The smallest absolute Gasteiger partial charge is 0.257 e. The van der Waals surface area contributed by atoms with Gasteiger partial charge in [-0.2, -0.15) is 0 Å². The number of benzene rings is 1. The van der Waals surface area contributed by atoms with Gasteiger partial charge in [-0.25, -0.2) is 0 Å². The van der Waals surface area contributed by atoms with E-state index >= 15 is 0 Å². The van der Waals surface area contributed by atoms with Crippen LogP contribution in [0.3, 0.4) is 0 Å². The van der Waals surface area contributed by atoms with Crippen molar-refractivity contribution in [1.29, 1.82) is 0 Å². The number of carbonyl (C=O) groups excluding carboxylic acids is 1. The first-order valence-corrected chi connectivity index (χ1v) is 8.36. The third-order valence-corrected chi connectivity index (χ3v) is 3.66. The molecule has 0 radical (unpaired) electrons. The maximum absolute atomic E-state index is 11.7. The second kappa shape index (κ2) is 10.1. The summed E-state index contributed by atoms with van der Waals surface area (Å²) in [5.41, 5.74) is 0. The number of nitrogens with one attached hydrogen (secondary N) is 1. The fourth-order valence-corrected chi connectivity index (χ4v) is 2.75. The molecule has 112 valence electrons. The van der Waals surface area contributed by atoms with Crippen LogP contribution >= 0.6 is 27.5 Å².